The number of carbonyl (C=O) groups is 2. The average molecular weight is 431 g/mol. The number of rotatable bonds is 9. The Kier molecular flexibility index (Phi) is 8.03. The molecular weight excluding hydrogens is 400 g/mol. The van der Waals surface area contributed by atoms with Crippen molar-refractivity contribution in [1.29, 1.82) is 0 Å². The predicted octanol–water partition coefficient (Wildman–Crippen LogP) is 6.03. The summed E-state index contributed by atoms with van der Waals surface area (Å²) in [5.74, 6) is 0.861. The third-order valence-electron chi connectivity index (χ3n) is 5.06. The lowest BCUT2D eigenvalue weighted by Crippen LogP contribution is -2.30. The van der Waals surface area contributed by atoms with E-state index < -0.39 is 0 Å². The van der Waals surface area contributed by atoms with E-state index in [0.29, 0.717) is 41.6 Å². The highest BCUT2D eigenvalue weighted by Gasteiger charge is 2.17. The number of benzene rings is 3. The van der Waals surface area contributed by atoms with E-state index in [1.165, 1.54) is 0 Å². The fourth-order valence-electron chi connectivity index (χ4n) is 3.28. The topological polar surface area (TPSA) is 58.6 Å². The second kappa shape index (κ2) is 11.1. The van der Waals surface area contributed by atoms with Crippen molar-refractivity contribution in [2.45, 2.75) is 27.2 Å². The summed E-state index contributed by atoms with van der Waals surface area (Å²) in [6, 6.07) is 23.7. The normalized spacial score (nSPS) is 10.6. The van der Waals surface area contributed by atoms with Gasteiger partial charge in [0.05, 0.1) is 6.61 Å². The number of anilines is 2. The predicted molar refractivity (Wildman–Crippen MR) is 130 cm³/mol. The van der Waals surface area contributed by atoms with Crippen LogP contribution in [0.5, 0.6) is 5.75 Å². The van der Waals surface area contributed by atoms with Gasteiger partial charge in [0.15, 0.2) is 0 Å². The lowest BCUT2D eigenvalue weighted by atomic mass is 10.1. The van der Waals surface area contributed by atoms with Crippen molar-refractivity contribution in [1.82, 2.24) is 0 Å². The molecule has 3 aromatic carbocycles. The van der Waals surface area contributed by atoms with Crippen molar-refractivity contribution in [2.24, 2.45) is 5.92 Å². The number of hydrogen-bond acceptors (Lipinski definition) is 3. The zero-order valence-corrected chi connectivity index (χ0v) is 18.9. The Morgan fingerprint density at radius 3 is 2.34 bits per heavy atom. The van der Waals surface area contributed by atoms with Gasteiger partial charge in [-0.3, -0.25) is 9.59 Å². The third-order valence-corrected chi connectivity index (χ3v) is 5.06. The van der Waals surface area contributed by atoms with E-state index in [0.717, 1.165) is 12.1 Å². The van der Waals surface area contributed by atoms with Crippen molar-refractivity contribution in [3.05, 3.63) is 90.0 Å². The summed E-state index contributed by atoms with van der Waals surface area (Å²) in [5.41, 5.74) is 2.42. The van der Waals surface area contributed by atoms with Gasteiger partial charge in [-0.1, -0.05) is 44.2 Å². The van der Waals surface area contributed by atoms with E-state index in [9.17, 15) is 9.59 Å². The molecule has 2 amide bonds. The Labute approximate surface area is 190 Å². The summed E-state index contributed by atoms with van der Waals surface area (Å²) in [6.07, 6.45) is 0.953. The van der Waals surface area contributed by atoms with E-state index in [1.807, 2.05) is 43.3 Å². The molecule has 0 unspecified atom stereocenters. The first-order valence-corrected chi connectivity index (χ1v) is 11.0. The molecule has 0 saturated heterocycles. The molecule has 5 nitrogen and oxygen atoms in total. The van der Waals surface area contributed by atoms with Gasteiger partial charge < -0.3 is 15.0 Å². The first-order valence-electron chi connectivity index (χ1n) is 11.0. The van der Waals surface area contributed by atoms with Gasteiger partial charge >= 0.3 is 0 Å². The highest BCUT2D eigenvalue weighted by molar-refractivity contribution is 6.08. The lowest BCUT2D eigenvalue weighted by Gasteiger charge is -2.21. The van der Waals surface area contributed by atoms with Gasteiger partial charge in [-0.25, -0.2) is 0 Å². The van der Waals surface area contributed by atoms with Gasteiger partial charge in [-0.15, -0.1) is 0 Å². The Hall–Kier alpha value is -3.60. The van der Waals surface area contributed by atoms with Crippen molar-refractivity contribution < 1.29 is 14.3 Å². The van der Waals surface area contributed by atoms with Crippen molar-refractivity contribution >= 4 is 23.2 Å². The second-order valence-corrected chi connectivity index (χ2v) is 7.98. The van der Waals surface area contributed by atoms with Crippen LogP contribution in [0.25, 0.3) is 0 Å². The molecule has 0 fully saturated rings. The van der Waals surface area contributed by atoms with E-state index in [-0.39, 0.29) is 11.8 Å². The number of nitrogens with zero attached hydrogens (tertiary/aromatic N) is 1. The van der Waals surface area contributed by atoms with E-state index in [1.54, 1.807) is 47.4 Å². The molecule has 0 radical (unpaired) electrons. The summed E-state index contributed by atoms with van der Waals surface area (Å²) in [5, 5.41) is 2.89. The van der Waals surface area contributed by atoms with Crippen LogP contribution in [-0.2, 0) is 0 Å². The quantitative estimate of drug-likeness (QED) is 0.451. The SMILES string of the molecule is CCN(C(=O)c1cccc(NC(=O)c2cccc(OCCC(C)C)c2)c1)c1ccccc1. The van der Waals surface area contributed by atoms with Gasteiger partial charge in [0.25, 0.3) is 11.8 Å². The standard InChI is InChI=1S/C27H30N2O3/c1-4-29(24-13-6-5-7-14-24)27(31)22-11-8-12-23(18-22)28-26(30)21-10-9-15-25(19-21)32-17-16-20(2)3/h5-15,18-20H,4,16-17H2,1-3H3,(H,28,30). The lowest BCUT2D eigenvalue weighted by molar-refractivity contribution is 0.0985. The minimum absolute atomic E-state index is 0.115. The molecule has 0 heterocycles. The second-order valence-electron chi connectivity index (χ2n) is 7.98. The fourth-order valence-corrected chi connectivity index (χ4v) is 3.28. The minimum Gasteiger partial charge on any atom is -0.494 e. The maximum Gasteiger partial charge on any atom is 0.258 e. The zero-order chi connectivity index (χ0) is 22.9. The molecule has 166 valence electrons. The van der Waals surface area contributed by atoms with Gasteiger partial charge in [0.1, 0.15) is 5.75 Å². The molecule has 3 aromatic rings. The van der Waals surface area contributed by atoms with Crippen LogP contribution in [0.4, 0.5) is 11.4 Å². The first-order chi connectivity index (χ1) is 15.5. The molecule has 5 heteroatoms. The number of hydrogen-bond donors (Lipinski definition) is 1. The maximum atomic E-state index is 13.1. The van der Waals surface area contributed by atoms with Crippen LogP contribution in [0.3, 0.4) is 0 Å². The monoisotopic (exact) mass is 430 g/mol. The summed E-state index contributed by atoms with van der Waals surface area (Å²) >= 11 is 0. The zero-order valence-electron chi connectivity index (χ0n) is 18.9. The van der Waals surface area contributed by atoms with Crippen LogP contribution < -0.4 is 15.0 Å². The number of para-hydroxylation sites is 1. The smallest absolute Gasteiger partial charge is 0.258 e. The fraction of sp³-hybridized carbons (Fsp3) is 0.259. The molecule has 0 saturated carbocycles. The van der Waals surface area contributed by atoms with Crippen molar-refractivity contribution in [2.75, 3.05) is 23.4 Å². The largest absolute Gasteiger partial charge is 0.494 e. The number of ether oxygens (including phenoxy) is 1. The molecular formula is C27H30N2O3. The minimum atomic E-state index is -0.251. The van der Waals surface area contributed by atoms with Gasteiger partial charge in [-0.2, -0.15) is 0 Å². The maximum absolute atomic E-state index is 13.1. The number of carbonyl (C=O) groups excluding carboxylic acids is 2. The molecule has 0 bridgehead atoms. The van der Waals surface area contributed by atoms with Crippen LogP contribution in [0.15, 0.2) is 78.9 Å². The van der Waals surface area contributed by atoms with E-state index in [2.05, 4.69) is 19.2 Å². The highest BCUT2D eigenvalue weighted by Crippen LogP contribution is 2.20. The Bertz CT molecular complexity index is 1050. The number of amides is 2. The summed E-state index contributed by atoms with van der Waals surface area (Å²) in [7, 11) is 0. The molecule has 0 aliphatic heterocycles. The van der Waals surface area contributed by atoms with Crippen LogP contribution >= 0.6 is 0 Å². The van der Waals surface area contributed by atoms with Crippen LogP contribution in [-0.4, -0.2) is 25.0 Å². The number of nitrogens with one attached hydrogen (secondary N) is 1. The van der Waals surface area contributed by atoms with Crippen LogP contribution in [0.1, 0.15) is 47.9 Å². The molecule has 1 N–H and O–H groups in total. The Balaban J connectivity index is 1.70. The average Bonchev–Trinajstić information content (AvgIpc) is 2.80. The summed E-state index contributed by atoms with van der Waals surface area (Å²) in [4.78, 5) is 27.6. The molecule has 0 atom stereocenters. The first kappa shape index (κ1) is 23.1. The Morgan fingerprint density at radius 1 is 0.906 bits per heavy atom. The molecule has 0 aliphatic carbocycles. The van der Waals surface area contributed by atoms with Gasteiger partial charge in [-0.05, 0) is 67.8 Å². The Morgan fingerprint density at radius 2 is 1.62 bits per heavy atom. The molecule has 3 rings (SSSR count). The van der Waals surface area contributed by atoms with Crippen LogP contribution in [0, 0.1) is 5.92 Å². The third kappa shape index (κ3) is 6.20. The van der Waals surface area contributed by atoms with E-state index in [4.69, 9.17) is 4.74 Å². The van der Waals surface area contributed by atoms with Crippen molar-refractivity contribution in [3.8, 4) is 5.75 Å². The van der Waals surface area contributed by atoms with Crippen molar-refractivity contribution in [3.63, 3.8) is 0 Å². The highest BCUT2D eigenvalue weighted by atomic mass is 16.5. The summed E-state index contributed by atoms with van der Waals surface area (Å²) < 4.78 is 5.76. The molecule has 0 spiro atoms. The van der Waals surface area contributed by atoms with Crippen LogP contribution in [0.2, 0.25) is 0 Å². The van der Waals surface area contributed by atoms with E-state index >= 15 is 0 Å². The molecule has 32 heavy (non-hydrogen) atoms. The van der Waals surface area contributed by atoms with Gasteiger partial charge in [0, 0.05) is 29.0 Å². The molecule has 0 aromatic heterocycles. The molecule has 0 aliphatic rings. The van der Waals surface area contributed by atoms with Gasteiger partial charge in [0.2, 0.25) is 0 Å². The summed E-state index contributed by atoms with van der Waals surface area (Å²) in [6.45, 7) is 7.38.